The predicted octanol–water partition coefficient (Wildman–Crippen LogP) is 5.29. The van der Waals surface area contributed by atoms with Crippen molar-refractivity contribution in [3.8, 4) is 0 Å². The first-order chi connectivity index (χ1) is 17.2. The van der Waals surface area contributed by atoms with Gasteiger partial charge in [-0.15, -0.1) is 0 Å². The Morgan fingerprint density at radius 1 is 1.06 bits per heavy atom. The van der Waals surface area contributed by atoms with E-state index in [2.05, 4.69) is 19.1 Å². The van der Waals surface area contributed by atoms with Gasteiger partial charge in [0, 0.05) is 37.3 Å². The first-order valence-corrected chi connectivity index (χ1v) is 12.9. The average molecular weight is 503 g/mol. The summed E-state index contributed by atoms with van der Waals surface area (Å²) in [5, 5.41) is 1.47. The van der Waals surface area contributed by atoms with Crippen molar-refractivity contribution in [2.24, 2.45) is 0 Å². The van der Waals surface area contributed by atoms with Crippen LogP contribution in [0.4, 0.5) is 5.69 Å². The number of anilines is 1. The van der Waals surface area contributed by atoms with Crippen LogP contribution in [-0.2, 0) is 22.6 Å². The van der Waals surface area contributed by atoms with E-state index in [9.17, 15) is 9.59 Å². The molecule has 2 amide bonds. The number of aromatic nitrogens is 1. The van der Waals surface area contributed by atoms with E-state index in [-0.39, 0.29) is 18.4 Å². The molecule has 0 aliphatic carbocycles. The van der Waals surface area contributed by atoms with Gasteiger partial charge in [-0.25, -0.2) is 0 Å². The molecular formula is C29H34N4O2S. The third-order valence-corrected chi connectivity index (χ3v) is 7.57. The van der Waals surface area contributed by atoms with Gasteiger partial charge in [-0.05, 0) is 81.2 Å². The van der Waals surface area contributed by atoms with Gasteiger partial charge in [-0.2, -0.15) is 0 Å². The Morgan fingerprint density at radius 3 is 2.42 bits per heavy atom. The third-order valence-electron chi connectivity index (χ3n) is 7.12. The van der Waals surface area contributed by atoms with Crippen LogP contribution in [0.5, 0.6) is 0 Å². The van der Waals surface area contributed by atoms with Crippen molar-refractivity contribution in [3.05, 3.63) is 70.5 Å². The van der Waals surface area contributed by atoms with Gasteiger partial charge >= 0.3 is 0 Å². The number of likely N-dealkylation sites (N-methyl/N-ethyl adjacent to an activating group) is 2. The minimum absolute atomic E-state index is 0.0816. The van der Waals surface area contributed by atoms with Gasteiger partial charge in [0.05, 0.1) is 11.2 Å². The van der Waals surface area contributed by atoms with Crippen LogP contribution in [0.2, 0.25) is 0 Å². The van der Waals surface area contributed by atoms with Crippen LogP contribution >= 0.6 is 12.2 Å². The molecule has 0 radical (unpaired) electrons. The van der Waals surface area contributed by atoms with Gasteiger partial charge in [-0.1, -0.05) is 31.2 Å². The van der Waals surface area contributed by atoms with Crippen molar-refractivity contribution >= 4 is 51.8 Å². The fourth-order valence-electron chi connectivity index (χ4n) is 4.81. The van der Waals surface area contributed by atoms with E-state index < -0.39 is 0 Å². The standard InChI is InChI=1S/C29H34N4O2S/c1-7-21-11-10-12-24-22(17-32(27(21)24)18-26(34)31(8-2)9-3)16-25-28(35)33(29(36)30(25)6)23-14-13-19(4)20(5)15-23/h10-17H,7-9,18H2,1-6H3/b25-16-. The molecule has 0 atom stereocenters. The Bertz CT molecular complexity index is 1380. The monoisotopic (exact) mass is 502 g/mol. The third kappa shape index (κ3) is 4.44. The highest BCUT2D eigenvalue weighted by Gasteiger charge is 2.37. The number of para-hydroxylation sites is 1. The topological polar surface area (TPSA) is 48.8 Å². The van der Waals surface area contributed by atoms with E-state index >= 15 is 0 Å². The molecule has 0 N–H and O–H groups in total. The van der Waals surface area contributed by atoms with E-state index in [1.54, 1.807) is 9.80 Å². The molecule has 3 aromatic rings. The van der Waals surface area contributed by atoms with Gasteiger partial charge in [0.15, 0.2) is 5.11 Å². The van der Waals surface area contributed by atoms with Gasteiger partial charge < -0.3 is 14.4 Å². The molecular weight excluding hydrogens is 468 g/mol. The molecule has 7 heteroatoms. The van der Waals surface area contributed by atoms with Gasteiger partial charge in [0.1, 0.15) is 12.2 Å². The van der Waals surface area contributed by atoms with E-state index in [0.29, 0.717) is 23.9 Å². The number of benzene rings is 2. The quantitative estimate of drug-likeness (QED) is 0.325. The van der Waals surface area contributed by atoms with Crippen molar-refractivity contribution in [1.29, 1.82) is 0 Å². The Labute approximate surface area is 218 Å². The van der Waals surface area contributed by atoms with E-state index in [0.717, 1.165) is 34.1 Å². The van der Waals surface area contributed by atoms with Crippen LogP contribution in [0.3, 0.4) is 0 Å². The number of rotatable bonds is 7. The summed E-state index contributed by atoms with van der Waals surface area (Å²) < 4.78 is 2.03. The second-order valence-electron chi connectivity index (χ2n) is 9.23. The first-order valence-electron chi connectivity index (χ1n) is 12.5. The fraction of sp³-hybridized carbons (Fsp3) is 0.345. The van der Waals surface area contributed by atoms with Crippen molar-refractivity contribution < 1.29 is 9.59 Å². The van der Waals surface area contributed by atoms with Crippen molar-refractivity contribution in [1.82, 2.24) is 14.4 Å². The van der Waals surface area contributed by atoms with Crippen LogP contribution < -0.4 is 4.90 Å². The van der Waals surface area contributed by atoms with Crippen molar-refractivity contribution in [2.45, 2.75) is 47.6 Å². The molecule has 0 unspecified atom stereocenters. The highest BCUT2D eigenvalue weighted by atomic mass is 32.1. The lowest BCUT2D eigenvalue weighted by molar-refractivity contribution is -0.131. The lowest BCUT2D eigenvalue weighted by Crippen LogP contribution is -2.33. The summed E-state index contributed by atoms with van der Waals surface area (Å²) in [7, 11) is 1.83. The summed E-state index contributed by atoms with van der Waals surface area (Å²) in [6.45, 7) is 11.8. The number of thiocarbonyl (C=S) groups is 1. The Morgan fingerprint density at radius 2 is 1.78 bits per heavy atom. The van der Waals surface area contributed by atoms with Gasteiger partial charge in [0.2, 0.25) is 5.91 Å². The molecule has 2 aromatic carbocycles. The zero-order valence-electron chi connectivity index (χ0n) is 22.0. The SMILES string of the molecule is CCc1cccc2c(/C=C3/C(=O)N(c4ccc(C)c(C)c4)C(=S)N3C)cn(CC(=O)N(CC)CC)c12. The highest BCUT2D eigenvalue weighted by Crippen LogP contribution is 2.32. The molecule has 6 nitrogen and oxygen atoms in total. The van der Waals surface area contributed by atoms with Gasteiger partial charge in [0.25, 0.3) is 5.91 Å². The summed E-state index contributed by atoms with van der Waals surface area (Å²) in [6, 6.07) is 12.1. The summed E-state index contributed by atoms with van der Waals surface area (Å²) in [5.74, 6) is -0.0734. The molecule has 188 valence electrons. The molecule has 0 saturated carbocycles. The van der Waals surface area contributed by atoms with Crippen LogP contribution in [0.15, 0.2) is 48.3 Å². The van der Waals surface area contributed by atoms with Crippen LogP contribution in [-0.4, -0.2) is 51.4 Å². The Kier molecular flexibility index (Phi) is 7.31. The lowest BCUT2D eigenvalue weighted by Gasteiger charge is -2.19. The maximum absolute atomic E-state index is 13.6. The number of hydrogen-bond acceptors (Lipinski definition) is 3. The Balaban J connectivity index is 1.79. The highest BCUT2D eigenvalue weighted by molar-refractivity contribution is 7.80. The summed E-state index contributed by atoms with van der Waals surface area (Å²) in [5.41, 5.74) is 6.65. The maximum atomic E-state index is 13.6. The number of aryl methyl sites for hydroxylation is 3. The fourth-order valence-corrected chi connectivity index (χ4v) is 5.10. The number of fused-ring (bicyclic) bond motifs is 1. The molecule has 1 aliphatic heterocycles. The molecule has 36 heavy (non-hydrogen) atoms. The molecule has 1 saturated heterocycles. The molecule has 1 aliphatic rings. The zero-order chi connectivity index (χ0) is 26.1. The Hall–Kier alpha value is -3.45. The van der Waals surface area contributed by atoms with Crippen LogP contribution in [0, 0.1) is 13.8 Å². The second-order valence-corrected chi connectivity index (χ2v) is 9.59. The first kappa shape index (κ1) is 25.6. The summed E-state index contributed by atoms with van der Waals surface area (Å²) >= 11 is 5.68. The average Bonchev–Trinajstić information content (AvgIpc) is 3.31. The summed E-state index contributed by atoms with van der Waals surface area (Å²) in [6.07, 6.45) is 4.73. The van der Waals surface area contributed by atoms with Crippen molar-refractivity contribution in [3.63, 3.8) is 0 Å². The number of carbonyl (C=O) groups excluding carboxylic acids is 2. The number of hydrogen-bond donors (Lipinski definition) is 0. The van der Waals surface area contributed by atoms with E-state index in [1.165, 1.54) is 11.1 Å². The molecule has 4 rings (SSSR count). The molecule has 1 aromatic heterocycles. The smallest absolute Gasteiger partial charge is 0.281 e. The largest absolute Gasteiger partial charge is 0.342 e. The normalized spacial score (nSPS) is 15.0. The molecule has 1 fully saturated rings. The van der Waals surface area contributed by atoms with Gasteiger partial charge in [-0.3, -0.25) is 14.5 Å². The predicted molar refractivity (Wildman–Crippen MR) is 151 cm³/mol. The molecule has 2 heterocycles. The van der Waals surface area contributed by atoms with E-state index in [4.69, 9.17) is 12.2 Å². The minimum atomic E-state index is -0.155. The molecule has 0 bridgehead atoms. The van der Waals surface area contributed by atoms with E-state index in [1.807, 2.05) is 80.7 Å². The number of nitrogens with zero attached hydrogens (tertiary/aromatic N) is 4. The number of carbonyl (C=O) groups is 2. The second kappa shape index (κ2) is 10.3. The minimum Gasteiger partial charge on any atom is -0.342 e. The maximum Gasteiger partial charge on any atom is 0.281 e. The summed E-state index contributed by atoms with van der Waals surface area (Å²) in [4.78, 5) is 31.8. The van der Waals surface area contributed by atoms with Crippen LogP contribution in [0.25, 0.3) is 17.0 Å². The van der Waals surface area contributed by atoms with Crippen LogP contribution in [0.1, 0.15) is 43.0 Å². The van der Waals surface area contributed by atoms with Crippen molar-refractivity contribution in [2.75, 3.05) is 25.0 Å². The lowest BCUT2D eigenvalue weighted by atomic mass is 10.1. The zero-order valence-corrected chi connectivity index (χ0v) is 22.8. The molecule has 0 spiro atoms. The number of amides is 2.